The van der Waals surface area contributed by atoms with Crippen molar-refractivity contribution < 1.29 is 8.23 Å². The van der Waals surface area contributed by atoms with Crippen LogP contribution in [-0.2, 0) is 8.23 Å². The van der Waals surface area contributed by atoms with E-state index in [1.807, 2.05) is 0 Å². The molecule has 0 aromatic rings. The maximum atomic E-state index is 6.94. The molecule has 0 radical (unpaired) electrons. The van der Waals surface area contributed by atoms with E-state index in [1.54, 1.807) is 0 Å². The van der Waals surface area contributed by atoms with Crippen molar-refractivity contribution in [1.82, 2.24) is 0 Å². The highest BCUT2D eigenvalue weighted by molar-refractivity contribution is 6.85. The zero-order chi connectivity index (χ0) is 31.2. The summed E-state index contributed by atoms with van der Waals surface area (Å²) in [6.07, 6.45) is 34.4. The summed E-state index contributed by atoms with van der Waals surface area (Å²) in [5.74, 6) is 0. The van der Waals surface area contributed by atoms with E-state index < -0.39 is 33.3 Å². The number of hydrogen-bond donors (Lipinski definition) is 0. The van der Waals surface area contributed by atoms with Crippen LogP contribution in [0.1, 0.15) is 154 Å². The van der Waals surface area contributed by atoms with Gasteiger partial charge in [-0.15, -0.1) is 0 Å². The Balaban J connectivity index is 2.39. The van der Waals surface area contributed by atoms with E-state index >= 15 is 0 Å². The standard InChI is InChI=1S/C36H80O2Si4/c1-39(2)33-29-25-21-17-13-9-10-15-19-23-27-31-35-41(5,6)38-42(7,8)36-32-28-24-20-16-12-11-14-18-22-26-30-34-40(3,4)37-39/h9-36H2,1-8H3. The summed E-state index contributed by atoms with van der Waals surface area (Å²) in [5.41, 5.74) is 0. The van der Waals surface area contributed by atoms with Gasteiger partial charge in [-0.1, -0.05) is 154 Å². The lowest BCUT2D eigenvalue weighted by molar-refractivity contribution is 0.508. The van der Waals surface area contributed by atoms with Gasteiger partial charge in [0.15, 0.2) is 33.3 Å². The summed E-state index contributed by atoms with van der Waals surface area (Å²) in [6.45, 7) is 20.0. The van der Waals surface area contributed by atoms with Gasteiger partial charge in [-0.2, -0.15) is 0 Å². The van der Waals surface area contributed by atoms with Crippen molar-refractivity contribution in [2.45, 2.75) is 231 Å². The van der Waals surface area contributed by atoms with E-state index in [-0.39, 0.29) is 0 Å². The van der Waals surface area contributed by atoms with Crippen molar-refractivity contribution in [3.8, 4) is 0 Å². The summed E-state index contributed by atoms with van der Waals surface area (Å²) >= 11 is 0. The van der Waals surface area contributed by atoms with Crippen LogP contribution in [0, 0.1) is 0 Å². The first-order chi connectivity index (χ1) is 19.8. The van der Waals surface area contributed by atoms with Gasteiger partial charge in [0, 0.05) is 0 Å². The van der Waals surface area contributed by atoms with Crippen LogP contribution in [0.15, 0.2) is 0 Å². The highest BCUT2D eigenvalue weighted by atomic mass is 28.4. The highest BCUT2D eigenvalue weighted by Crippen LogP contribution is 2.28. The summed E-state index contributed by atoms with van der Waals surface area (Å²) in [5, 5.41) is 0. The average Bonchev–Trinajstić information content (AvgIpc) is 2.87. The normalized spacial score (nSPS) is 26.9. The monoisotopic (exact) mass is 657 g/mol. The van der Waals surface area contributed by atoms with Gasteiger partial charge in [-0.25, -0.2) is 0 Å². The second kappa shape index (κ2) is 23.2. The van der Waals surface area contributed by atoms with Crippen LogP contribution in [0.25, 0.3) is 0 Å². The molecule has 6 heteroatoms. The molecule has 0 amide bonds. The smallest absolute Gasteiger partial charge is 0.173 e. The van der Waals surface area contributed by atoms with Gasteiger partial charge in [0.2, 0.25) is 0 Å². The highest BCUT2D eigenvalue weighted by Gasteiger charge is 2.33. The lowest BCUT2D eigenvalue weighted by Crippen LogP contribution is -2.44. The van der Waals surface area contributed by atoms with Crippen LogP contribution in [0.3, 0.4) is 0 Å². The van der Waals surface area contributed by atoms with Gasteiger partial charge in [0.05, 0.1) is 0 Å². The van der Waals surface area contributed by atoms with E-state index in [2.05, 4.69) is 52.4 Å². The molecular formula is C36H80O2Si4. The third-order valence-corrected chi connectivity index (χ3v) is 24.8. The predicted octanol–water partition coefficient (Wildman–Crippen LogP) is 14.2. The van der Waals surface area contributed by atoms with Crippen LogP contribution >= 0.6 is 0 Å². The average molecular weight is 657 g/mol. The molecule has 0 saturated carbocycles. The minimum Gasteiger partial charge on any atom is -0.455 e. The Hall–Kier alpha value is 0.788. The summed E-state index contributed by atoms with van der Waals surface area (Å²) < 4.78 is 13.9. The molecular weight excluding hydrogens is 577 g/mol. The molecule has 1 heterocycles. The summed E-state index contributed by atoms with van der Waals surface area (Å²) in [7, 11) is -6.00. The molecule has 1 saturated heterocycles. The molecule has 1 fully saturated rings. The molecule has 2 nitrogen and oxygen atoms in total. The fourth-order valence-corrected chi connectivity index (χ4v) is 25.4. The van der Waals surface area contributed by atoms with Crippen molar-refractivity contribution >= 4 is 33.3 Å². The lowest BCUT2D eigenvalue weighted by Gasteiger charge is -2.34. The molecule has 0 bridgehead atoms. The number of rotatable bonds is 0. The Morgan fingerprint density at radius 2 is 0.333 bits per heavy atom. The van der Waals surface area contributed by atoms with Crippen LogP contribution in [-0.4, -0.2) is 33.3 Å². The maximum absolute atomic E-state index is 6.94. The first-order valence-corrected chi connectivity index (χ1v) is 31.7. The molecule has 0 atom stereocenters. The Labute approximate surface area is 271 Å². The fourth-order valence-electron chi connectivity index (χ4n) is 7.44. The molecule has 0 spiro atoms. The summed E-state index contributed by atoms with van der Waals surface area (Å²) in [6, 6.07) is 5.48. The minimum atomic E-state index is -1.50. The Morgan fingerprint density at radius 1 is 0.214 bits per heavy atom. The van der Waals surface area contributed by atoms with Crippen molar-refractivity contribution in [2.75, 3.05) is 0 Å². The van der Waals surface area contributed by atoms with Gasteiger partial charge in [-0.05, 0) is 76.6 Å². The lowest BCUT2D eigenvalue weighted by atomic mass is 10.1. The van der Waals surface area contributed by atoms with Gasteiger partial charge in [-0.3, -0.25) is 0 Å². The predicted molar refractivity (Wildman–Crippen MR) is 202 cm³/mol. The largest absolute Gasteiger partial charge is 0.455 e. The number of hydrogen-bond acceptors (Lipinski definition) is 2. The van der Waals surface area contributed by atoms with Crippen LogP contribution in [0.2, 0.25) is 76.6 Å². The minimum absolute atomic E-state index is 1.37. The van der Waals surface area contributed by atoms with E-state index in [1.165, 1.54) is 178 Å². The SMILES string of the molecule is C[Si]1(C)CCCCCCCCCCCCCC[Si](C)(C)O[Si](C)(C)CCCCCCCCCCCCCC[Si](C)(C)O1. The van der Waals surface area contributed by atoms with Crippen LogP contribution in [0.5, 0.6) is 0 Å². The molecule has 1 rings (SSSR count). The van der Waals surface area contributed by atoms with Gasteiger partial charge < -0.3 is 8.23 Å². The van der Waals surface area contributed by atoms with Crippen molar-refractivity contribution in [3.63, 3.8) is 0 Å². The van der Waals surface area contributed by atoms with E-state index in [9.17, 15) is 0 Å². The molecule has 1 aliphatic heterocycles. The van der Waals surface area contributed by atoms with Gasteiger partial charge in [0.25, 0.3) is 0 Å². The van der Waals surface area contributed by atoms with Crippen LogP contribution < -0.4 is 0 Å². The maximum Gasteiger partial charge on any atom is 0.173 e. The van der Waals surface area contributed by atoms with E-state index in [0.717, 1.165) is 0 Å². The quantitative estimate of drug-likeness (QED) is 0.242. The van der Waals surface area contributed by atoms with Gasteiger partial charge in [0.1, 0.15) is 0 Å². The van der Waals surface area contributed by atoms with E-state index in [4.69, 9.17) is 8.23 Å². The Morgan fingerprint density at radius 3 is 0.476 bits per heavy atom. The molecule has 0 aromatic heterocycles. The fraction of sp³-hybridized carbons (Fsp3) is 1.00. The molecule has 252 valence electrons. The third kappa shape index (κ3) is 25.0. The second-order valence-electron chi connectivity index (χ2n) is 16.7. The topological polar surface area (TPSA) is 18.5 Å². The molecule has 0 unspecified atom stereocenters. The zero-order valence-corrected chi connectivity index (χ0v) is 34.6. The van der Waals surface area contributed by atoms with E-state index in [0.29, 0.717) is 0 Å². The second-order valence-corrected chi connectivity index (χ2v) is 34.4. The van der Waals surface area contributed by atoms with Crippen molar-refractivity contribution in [2.24, 2.45) is 0 Å². The zero-order valence-electron chi connectivity index (χ0n) is 30.6. The van der Waals surface area contributed by atoms with Crippen LogP contribution in [0.4, 0.5) is 0 Å². The molecule has 0 N–H and O–H groups in total. The Kier molecular flexibility index (Phi) is 22.5. The molecule has 1 aliphatic rings. The molecule has 42 heavy (non-hydrogen) atoms. The van der Waals surface area contributed by atoms with Crippen molar-refractivity contribution in [3.05, 3.63) is 0 Å². The molecule has 0 aliphatic carbocycles. The Bertz CT molecular complexity index is 530. The van der Waals surface area contributed by atoms with Crippen molar-refractivity contribution in [1.29, 1.82) is 0 Å². The first kappa shape index (κ1) is 40.8. The summed E-state index contributed by atoms with van der Waals surface area (Å²) in [4.78, 5) is 0. The third-order valence-electron chi connectivity index (χ3n) is 9.72. The van der Waals surface area contributed by atoms with Gasteiger partial charge >= 0.3 is 0 Å². The first-order valence-electron chi connectivity index (χ1n) is 19.2. The molecule has 0 aromatic carbocycles.